The number of aryl methyl sites for hydroxylation is 1. The fourth-order valence-corrected chi connectivity index (χ4v) is 3.00. The van der Waals surface area contributed by atoms with Gasteiger partial charge in [0.2, 0.25) is 0 Å². The van der Waals surface area contributed by atoms with Crippen LogP contribution in [0, 0.1) is 6.92 Å². The van der Waals surface area contributed by atoms with Crippen molar-refractivity contribution in [1.29, 1.82) is 0 Å². The van der Waals surface area contributed by atoms with Crippen molar-refractivity contribution in [2.24, 2.45) is 4.99 Å². The molecule has 0 spiro atoms. The molecule has 29 heavy (non-hydrogen) atoms. The Labute approximate surface area is 191 Å². The number of nitrogens with one attached hydrogen (secondary N) is 2. The molecule has 160 valence electrons. The van der Waals surface area contributed by atoms with Crippen molar-refractivity contribution in [3.63, 3.8) is 0 Å². The first-order valence-electron chi connectivity index (χ1n) is 9.40. The van der Waals surface area contributed by atoms with E-state index in [4.69, 9.17) is 14.2 Å². The van der Waals surface area contributed by atoms with Gasteiger partial charge in [0.05, 0.1) is 21.3 Å². The van der Waals surface area contributed by atoms with Crippen molar-refractivity contribution in [3.05, 3.63) is 53.1 Å². The zero-order valence-electron chi connectivity index (χ0n) is 17.9. The lowest BCUT2D eigenvalue weighted by Gasteiger charge is -2.14. The van der Waals surface area contributed by atoms with Gasteiger partial charge in [-0.1, -0.05) is 23.8 Å². The van der Waals surface area contributed by atoms with E-state index in [1.807, 2.05) is 24.3 Å². The molecule has 0 fully saturated rings. The molecule has 0 aliphatic heterocycles. The van der Waals surface area contributed by atoms with E-state index >= 15 is 0 Å². The fourth-order valence-electron chi connectivity index (χ4n) is 3.00. The largest absolute Gasteiger partial charge is 0.496 e. The van der Waals surface area contributed by atoms with Crippen LogP contribution in [0.1, 0.15) is 16.7 Å². The van der Waals surface area contributed by atoms with Crippen LogP contribution in [-0.4, -0.2) is 47.4 Å². The molecule has 0 unspecified atom stereocenters. The van der Waals surface area contributed by atoms with Gasteiger partial charge in [0, 0.05) is 20.1 Å². The molecule has 0 bridgehead atoms. The molecular weight excluding hydrogens is 481 g/mol. The van der Waals surface area contributed by atoms with Gasteiger partial charge >= 0.3 is 0 Å². The van der Waals surface area contributed by atoms with Gasteiger partial charge in [0.1, 0.15) is 5.75 Å². The number of methoxy groups -OCH3 is 3. The van der Waals surface area contributed by atoms with Crippen molar-refractivity contribution in [3.8, 4) is 17.2 Å². The Morgan fingerprint density at radius 2 is 1.45 bits per heavy atom. The van der Waals surface area contributed by atoms with Crippen molar-refractivity contribution in [2.75, 3.05) is 41.5 Å². The van der Waals surface area contributed by atoms with Crippen molar-refractivity contribution in [2.45, 2.75) is 19.8 Å². The van der Waals surface area contributed by atoms with E-state index < -0.39 is 0 Å². The second-order valence-corrected chi connectivity index (χ2v) is 6.43. The lowest BCUT2D eigenvalue weighted by molar-refractivity contribution is 0.354. The summed E-state index contributed by atoms with van der Waals surface area (Å²) in [5, 5.41) is 6.70. The van der Waals surface area contributed by atoms with Crippen LogP contribution in [-0.2, 0) is 12.8 Å². The first kappa shape index (κ1) is 24.9. The predicted octanol–water partition coefficient (Wildman–Crippen LogP) is 3.59. The molecule has 0 aliphatic carbocycles. The molecule has 0 aromatic heterocycles. The Hall–Kier alpha value is -2.16. The second kappa shape index (κ2) is 13.1. The monoisotopic (exact) mass is 513 g/mol. The summed E-state index contributed by atoms with van der Waals surface area (Å²) in [7, 11) is 6.77. The summed E-state index contributed by atoms with van der Waals surface area (Å²) >= 11 is 0. The highest BCUT2D eigenvalue weighted by molar-refractivity contribution is 14.0. The molecule has 0 radical (unpaired) electrons. The van der Waals surface area contributed by atoms with Crippen LogP contribution >= 0.6 is 24.0 Å². The van der Waals surface area contributed by atoms with E-state index in [1.54, 1.807) is 28.4 Å². The lowest BCUT2D eigenvalue weighted by atomic mass is 10.1. The van der Waals surface area contributed by atoms with Gasteiger partial charge in [-0.2, -0.15) is 0 Å². The standard InChI is InChI=1S/C22H31N3O3.HI/c1-16-6-8-19(26-3)18(14-16)11-13-25-22(23-2)24-12-10-17-7-9-20(27-4)21(15-17)28-5;/h6-9,14-15H,10-13H2,1-5H3,(H2,23,24,25);1H. The summed E-state index contributed by atoms with van der Waals surface area (Å²) in [5.74, 6) is 3.19. The van der Waals surface area contributed by atoms with Gasteiger partial charge in [0.25, 0.3) is 0 Å². The van der Waals surface area contributed by atoms with Gasteiger partial charge in [-0.15, -0.1) is 24.0 Å². The van der Waals surface area contributed by atoms with Gasteiger partial charge < -0.3 is 24.8 Å². The summed E-state index contributed by atoms with van der Waals surface area (Å²) in [6, 6.07) is 12.2. The number of nitrogens with zero attached hydrogens (tertiary/aromatic N) is 1. The molecule has 6 nitrogen and oxygen atoms in total. The minimum Gasteiger partial charge on any atom is -0.496 e. The van der Waals surface area contributed by atoms with Crippen LogP contribution in [0.15, 0.2) is 41.4 Å². The lowest BCUT2D eigenvalue weighted by Crippen LogP contribution is -2.39. The van der Waals surface area contributed by atoms with E-state index in [-0.39, 0.29) is 24.0 Å². The van der Waals surface area contributed by atoms with Crippen LogP contribution in [0.3, 0.4) is 0 Å². The Morgan fingerprint density at radius 1 is 0.828 bits per heavy atom. The molecule has 2 N–H and O–H groups in total. The van der Waals surface area contributed by atoms with Crippen LogP contribution in [0.4, 0.5) is 0 Å². The summed E-state index contributed by atoms with van der Waals surface area (Å²) in [6.45, 7) is 3.63. The maximum atomic E-state index is 5.44. The Balaban J connectivity index is 0.00000420. The van der Waals surface area contributed by atoms with Crippen LogP contribution < -0.4 is 24.8 Å². The first-order valence-corrected chi connectivity index (χ1v) is 9.40. The van der Waals surface area contributed by atoms with Crippen LogP contribution in [0.2, 0.25) is 0 Å². The van der Waals surface area contributed by atoms with Crippen molar-refractivity contribution < 1.29 is 14.2 Å². The molecule has 0 amide bonds. The first-order chi connectivity index (χ1) is 13.6. The molecule has 0 atom stereocenters. The summed E-state index contributed by atoms with van der Waals surface area (Å²) < 4.78 is 16.1. The minimum atomic E-state index is 0. The van der Waals surface area contributed by atoms with E-state index in [9.17, 15) is 0 Å². The quantitative estimate of drug-likeness (QED) is 0.305. The molecule has 0 heterocycles. The molecule has 7 heteroatoms. The third-order valence-electron chi connectivity index (χ3n) is 4.50. The topological polar surface area (TPSA) is 64.1 Å². The van der Waals surface area contributed by atoms with Crippen molar-refractivity contribution in [1.82, 2.24) is 10.6 Å². The number of hydrogen-bond acceptors (Lipinski definition) is 4. The summed E-state index contributed by atoms with van der Waals surface area (Å²) in [6.07, 6.45) is 1.72. The molecule has 0 saturated carbocycles. The highest BCUT2D eigenvalue weighted by Gasteiger charge is 2.06. The maximum absolute atomic E-state index is 5.44. The number of aliphatic imine (C=N–C) groups is 1. The molecule has 0 saturated heterocycles. The van der Waals surface area contributed by atoms with Crippen molar-refractivity contribution >= 4 is 29.9 Å². The van der Waals surface area contributed by atoms with Gasteiger partial charge in [-0.3, -0.25) is 4.99 Å². The third-order valence-corrected chi connectivity index (χ3v) is 4.50. The zero-order chi connectivity index (χ0) is 20.4. The number of hydrogen-bond donors (Lipinski definition) is 2. The SMILES string of the molecule is CN=C(NCCc1ccc(OC)c(OC)c1)NCCc1cc(C)ccc1OC.I. The molecule has 2 rings (SSSR count). The maximum Gasteiger partial charge on any atom is 0.190 e. The van der Waals surface area contributed by atoms with E-state index in [1.165, 1.54) is 16.7 Å². The predicted molar refractivity (Wildman–Crippen MR) is 129 cm³/mol. The highest BCUT2D eigenvalue weighted by atomic mass is 127. The molecule has 0 aliphatic rings. The highest BCUT2D eigenvalue weighted by Crippen LogP contribution is 2.27. The van der Waals surface area contributed by atoms with E-state index in [2.05, 4.69) is 34.7 Å². The Kier molecular flexibility index (Phi) is 11.3. The number of rotatable bonds is 9. The molecule has 2 aromatic carbocycles. The van der Waals surface area contributed by atoms with Crippen LogP contribution in [0.25, 0.3) is 0 Å². The summed E-state index contributed by atoms with van der Waals surface area (Å²) in [4.78, 5) is 4.29. The van der Waals surface area contributed by atoms with Gasteiger partial charge in [0.15, 0.2) is 17.5 Å². The number of benzene rings is 2. The van der Waals surface area contributed by atoms with Crippen LogP contribution in [0.5, 0.6) is 17.2 Å². The average molecular weight is 513 g/mol. The van der Waals surface area contributed by atoms with Gasteiger partial charge in [-0.05, 0) is 49.1 Å². The third kappa shape index (κ3) is 7.64. The minimum absolute atomic E-state index is 0. The fraction of sp³-hybridized carbons (Fsp3) is 0.409. The van der Waals surface area contributed by atoms with E-state index in [0.717, 1.165) is 49.1 Å². The number of halogens is 1. The molecule has 2 aromatic rings. The smallest absolute Gasteiger partial charge is 0.190 e. The molecular formula is C22H32IN3O3. The number of ether oxygens (including phenoxy) is 3. The Morgan fingerprint density at radius 3 is 2.07 bits per heavy atom. The number of guanidine groups is 1. The van der Waals surface area contributed by atoms with E-state index in [0.29, 0.717) is 0 Å². The van der Waals surface area contributed by atoms with Gasteiger partial charge in [-0.25, -0.2) is 0 Å². The normalized spacial score (nSPS) is 10.7. The summed E-state index contributed by atoms with van der Waals surface area (Å²) in [5.41, 5.74) is 3.59. The zero-order valence-corrected chi connectivity index (χ0v) is 20.2. The second-order valence-electron chi connectivity index (χ2n) is 6.43. The average Bonchev–Trinajstić information content (AvgIpc) is 2.72. The Bertz CT molecular complexity index is 797.